The molecule has 0 aliphatic carbocycles. The summed E-state index contributed by atoms with van der Waals surface area (Å²) in [4.78, 5) is 13.4. The van der Waals surface area contributed by atoms with E-state index in [0.717, 1.165) is 36.5 Å². The van der Waals surface area contributed by atoms with Crippen molar-refractivity contribution in [3.63, 3.8) is 0 Å². The molecule has 2 atom stereocenters. The first kappa shape index (κ1) is 20.2. The Bertz CT molecular complexity index is 800. The molecule has 3 rings (SSSR count). The van der Waals surface area contributed by atoms with E-state index >= 15 is 0 Å². The largest absolute Gasteiger partial charge is 0.396 e. The highest BCUT2D eigenvalue weighted by atomic mass is 16.5. The zero-order valence-corrected chi connectivity index (χ0v) is 16.5. The fourth-order valence-electron chi connectivity index (χ4n) is 3.38. The van der Waals surface area contributed by atoms with Gasteiger partial charge in [-0.15, -0.1) is 5.10 Å². The van der Waals surface area contributed by atoms with Crippen LogP contribution in [0, 0.1) is 5.92 Å². The van der Waals surface area contributed by atoms with E-state index in [0.29, 0.717) is 12.8 Å². The van der Waals surface area contributed by atoms with Gasteiger partial charge in [0.15, 0.2) is 0 Å². The van der Waals surface area contributed by atoms with Crippen LogP contribution < -0.4 is 4.90 Å². The van der Waals surface area contributed by atoms with E-state index in [1.165, 1.54) is 0 Å². The van der Waals surface area contributed by atoms with Crippen LogP contribution in [0.2, 0.25) is 0 Å². The van der Waals surface area contributed by atoms with Crippen molar-refractivity contribution in [1.29, 1.82) is 0 Å². The molecule has 0 bridgehead atoms. The maximum atomic E-state index is 11.6. The van der Waals surface area contributed by atoms with Gasteiger partial charge in [-0.25, -0.2) is 0 Å². The number of β-lactam (4-membered cyclic amide) rings is 1. The Morgan fingerprint density at radius 3 is 2.71 bits per heavy atom. The second kappa shape index (κ2) is 9.61. The van der Waals surface area contributed by atoms with Crippen LogP contribution >= 0.6 is 0 Å². The van der Waals surface area contributed by atoms with Gasteiger partial charge in [-0.05, 0) is 24.1 Å². The molecule has 7 heteroatoms. The number of amides is 1. The predicted molar refractivity (Wildman–Crippen MR) is 107 cm³/mol. The van der Waals surface area contributed by atoms with E-state index < -0.39 is 0 Å². The van der Waals surface area contributed by atoms with Gasteiger partial charge in [0, 0.05) is 57.4 Å². The molecule has 1 aliphatic rings. The normalized spacial score (nSPS) is 16.4. The topological polar surface area (TPSA) is 80.5 Å². The summed E-state index contributed by atoms with van der Waals surface area (Å²) in [6, 6.07) is 8.06. The van der Waals surface area contributed by atoms with Gasteiger partial charge in [0.25, 0.3) is 0 Å². The number of aromatic nitrogens is 3. The van der Waals surface area contributed by atoms with Crippen molar-refractivity contribution in [2.24, 2.45) is 5.92 Å². The Morgan fingerprint density at radius 1 is 1.32 bits per heavy atom. The quantitative estimate of drug-likeness (QED) is 0.503. The maximum absolute atomic E-state index is 11.6. The molecule has 1 saturated heterocycles. The van der Waals surface area contributed by atoms with E-state index in [9.17, 15) is 4.79 Å². The Hall–Kier alpha value is -2.51. The van der Waals surface area contributed by atoms with Crippen LogP contribution in [-0.2, 0) is 22.5 Å². The van der Waals surface area contributed by atoms with Crippen LogP contribution in [0.25, 0.3) is 0 Å². The van der Waals surface area contributed by atoms with Crippen molar-refractivity contribution in [3.8, 4) is 0 Å². The second-order valence-corrected chi connectivity index (χ2v) is 7.07. The van der Waals surface area contributed by atoms with Crippen LogP contribution in [0.5, 0.6) is 0 Å². The number of allylic oxidation sites excluding steroid dienone is 1. The van der Waals surface area contributed by atoms with Gasteiger partial charge in [0.1, 0.15) is 0 Å². The molecule has 0 unspecified atom stereocenters. The average molecular weight is 384 g/mol. The molecule has 1 aromatic carbocycles. The summed E-state index contributed by atoms with van der Waals surface area (Å²) in [6.07, 6.45) is 8.15. The molecule has 150 valence electrons. The molecule has 7 nitrogen and oxygen atoms in total. The lowest BCUT2D eigenvalue weighted by Gasteiger charge is -2.31. The number of benzene rings is 1. The van der Waals surface area contributed by atoms with Gasteiger partial charge < -0.3 is 14.7 Å². The first-order valence-corrected chi connectivity index (χ1v) is 9.72. The van der Waals surface area contributed by atoms with Crippen LogP contribution in [0.3, 0.4) is 0 Å². The lowest BCUT2D eigenvalue weighted by atomic mass is 9.96. The molecule has 2 aromatic rings. The molecule has 1 amide bonds. The monoisotopic (exact) mass is 384 g/mol. The smallest absolute Gasteiger partial charge is 0.228 e. The lowest BCUT2D eigenvalue weighted by molar-refractivity contribution is -0.122. The molecule has 0 radical (unpaired) electrons. The van der Waals surface area contributed by atoms with Gasteiger partial charge in [0.05, 0.1) is 11.8 Å². The van der Waals surface area contributed by atoms with Gasteiger partial charge in [-0.3, -0.25) is 9.48 Å². The number of hydrogen-bond acceptors (Lipinski definition) is 5. The Balaban J connectivity index is 1.52. The maximum Gasteiger partial charge on any atom is 0.228 e. The van der Waals surface area contributed by atoms with Gasteiger partial charge in [0.2, 0.25) is 5.91 Å². The van der Waals surface area contributed by atoms with E-state index in [-0.39, 0.29) is 24.5 Å². The molecule has 1 N–H and O–H groups in total. The molecule has 1 aliphatic heterocycles. The average Bonchev–Trinajstić information content (AvgIpc) is 3.13. The van der Waals surface area contributed by atoms with E-state index in [2.05, 4.69) is 29.4 Å². The summed E-state index contributed by atoms with van der Waals surface area (Å²) in [5.74, 6) is 0.394. The predicted octanol–water partition coefficient (Wildman–Crippen LogP) is 2.52. The van der Waals surface area contributed by atoms with Gasteiger partial charge >= 0.3 is 0 Å². The molecule has 1 aromatic heterocycles. The highest BCUT2D eigenvalue weighted by molar-refractivity contribution is 5.99. The summed E-state index contributed by atoms with van der Waals surface area (Å²) < 4.78 is 7.52. The molecule has 28 heavy (non-hydrogen) atoms. The Morgan fingerprint density at radius 2 is 2.11 bits per heavy atom. The number of ether oxygens (including phenoxy) is 1. The number of rotatable bonds is 10. The number of hydrogen-bond donors (Lipinski definition) is 1. The van der Waals surface area contributed by atoms with Crippen molar-refractivity contribution in [3.05, 3.63) is 53.9 Å². The number of carbonyl (C=O) groups excluding carboxylic acids is 1. The number of aliphatic hydroxyl groups is 1. The summed E-state index contributed by atoms with van der Waals surface area (Å²) in [6.45, 7) is 3.77. The third kappa shape index (κ3) is 4.85. The van der Waals surface area contributed by atoms with Crippen molar-refractivity contribution in [2.75, 3.05) is 25.2 Å². The van der Waals surface area contributed by atoms with Gasteiger partial charge in [-0.1, -0.05) is 36.4 Å². The number of aliphatic hydroxyl groups excluding tert-OH is 1. The van der Waals surface area contributed by atoms with E-state index in [1.807, 2.05) is 30.5 Å². The second-order valence-electron chi connectivity index (χ2n) is 7.07. The minimum Gasteiger partial charge on any atom is -0.396 e. The van der Waals surface area contributed by atoms with Crippen molar-refractivity contribution >= 4 is 11.6 Å². The summed E-state index contributed by atoms with van der Waals surface area (Å²) >= 11 is 0. The Kier molecular flexibility index (Phi) is 6.95. The number of methoxy groups -OCH3 is 1. The van der Waals surface area contributed by atoms with Crippen molar-refractivity contribution < 1.29 is 14.6 Å². The van der Waals surface area contributed by atoms with Crippen LogP contribution in [0.4, 0.5) is 5.69 Å². The van der Waals surface area contributed by atoms with Crippen molar-refractivity contribution in [2.45, 2.75) is 38.8 Å². The first-order valence-electron chi connectivity index (χ1n) is 9.72. The minimum absolute atomic E-state index is 0.0417. The molecule has 2 heterocycles. The fraction of sp³-hybridized carbons (Fsp3) is 0.476. The SMILES string of the molecule is CO[C@@H](c1ccc(N2CCC2=O)cc1)[C@@H](C)/C=C/CCn1cc(CCO)nn1. The third-order valence-corrected chi connectivity index (χ3v) is 5.03. The standard InChI is InChI=1S/C21H28N4O3/c1-16(5-3-4-12-24-15-18(11-14-26)22-23-24)21(28-2)17-6-8-19(9-7-17)25-13-10-20(25)27/h3,5-9,15-16,21,26H,4,10-14H2,1-2H3/b5-3+/t16-,21+/m0/s1. The van der Waals surface area contributed by atoms with Crippen molar-refractivity contribution in [1.82, 2.24) is 15.0 Å². The molecule has 0 saturated carbocycles. The van der Waals surface area contributed by atoms with Crippen LogP contribution in [-0.4, -0.2) is 46.3 Å². The third-order valence-electron chi connectivity index (χ3n) is 5.03. The van der Waals surface area contributed by atoms with E-state index in [4.69, 9.17) is 9.84 Å². The highest BCUT2D eigenvalue weighted by Gasteiger charge is 2.25. The highest BCUT2D eigenvalue weighted by Crippen LogP contribution is 2.29. The fourth-order valence-corrected chi connectivity index (χ4v) is 3.38. The lowest BCUT2D eigenvalue weighted by Crippen LogP contribution is -2.43. The summed E-state index contributed by atoms with van der Waals surface area (Å²) in [5.41, 5.74) is 2.86. The number of aryl methyl sites for hydroxylation is 1. The van der Waals surface area contributed by atoms with Crippen LogP contribution in [0.15, 0.2) is 42.6 Å². The number of anilines is 1. The van der Waals surface area contributed by atoms with Gasteiger partial charge in [-0.2, -0.15) is 0 Å². The Labute approximate surface area is 165 Å². The summed E-state index contributed by atoms with van der Waals surface area (Å²) in [5, 5.41) is 17.0. The zero-order chi connectivity index (χ0) is 19.9. The molecule has 0 spiro atoms. The first-order chi connectivity index (χ1) is 13.6. The zero-order valence-electron chi connectivity index (χ0n) is 16.5. The minimum atomic E-state index is -0.0417. The van der Waals surface area contributed by atoms with E-state index in [1.54, 1.807) is 16.7 Å². The summed E-state index contributed by atoms with van der Waals surface area (Å²) in [7, 11) is 1.72. The number of nitrogens with zero attached hydrogens (tertiary/aromatic N) is 4. The van der Waals surface area contributed by atoms with Crippen LogP contribution in [0.1, 0.15) is 37.1 Å². The number of carbonyl (C=O) groups is 1. The molecule has 1 fully saturated rings. The molecular formula is C21H28N4O3. The molecular weight excluding hydrogens is 356 g/mol.